The lowest BCUT2D eigenvalue weighted by Crippen LogP contribution is -2.42. The van der Waals surface area contributed by atoms with E-state index in [-0.39, 0.29) is 5.54 Å². The first-order valence-electron chi connectivity index (χ1n) is 5.18. The summed E-state index contributed by atoms with van der Waals surface area (Å²) in [6, 6.07) is 6.04. The Morgan fingerprint density at radius 3 is 2.12 bits per heavy atom. The molecule has 0 bridgehead atoms. The molecular formula is C12H16N2O3. The van der Waals surface area contributed by atoms with Crippen molar-refractivity contribution < 1.29 is 14.3 Å². The standard InChI is InChI=1S/C12H16N2O3/c1-12(2,3)14-11(16)17-9-6-4-8(5-7-9)10(13)15/h4-7H,1-3H3,(H2,13,15)(H,14,16). The van der Waals surface area contributed by atoms with Crippen molar-refractivity contribution in [3.63, 3.8) is 0 Å². The summed E-state index contributed by atoms with van der Waals surface area (Å²) in [5.41, 5.74) is 5.10. The first-order chi connectivity index (χ1) is 7.78. The predicted molar refractivity (Wildman–Crippen MR) is 63.9 cm³/mol. The third-order valence-electron chi connectivity index (χ3n) is 1.83. The van der Waals surface area contributed by atoms with Crippen molar-refractivity contribution in [2.75, 3.05) is 0 Å². The molecule has 0 aliphatic carbocycles. The third kappa shape index (κ3) is 4.55. The topological polar surface area (TPSA) is 81.4 Å². The van der Waals surface area contributed by atoms with Crippen LogP contribution in [0.1, 0.15) is 31.1 Å². The van der Waals surface area contributed by atoms with Gasteiger partial charge in [0.2, 0.25) is 5.91 Å². The maximum Gasteiger partial charge on any atom is 0.413 e. The minimum atomic E-state index is -0.538. The maximum absolute atomic E-state index is 11.4. The number of hydrogen-bond donors (Lipinski definition) is 2. The van der Waals surface area contributed by atoms with Gasteiger partial charge in [0.15, 0.2) is 0 Å². The van der Waals surface area contributed by atoms with Gasteiger partial charge in [-0.05, 0) is 45.0 Å². The van der Waals surface area contributed by atoms with Crippen molar-refractivity contribution in [2.45, 2.75) is 26.3 Å². The van der Waals surface area contributed by atoms with Crippen molar-refractivity contribution >= 4 is 12.0 Å². The predicted octanol–water partition coefficient (Wildman–Crippen LogP) is 1.67. The summed E-state index contributed by atoms with van der Waals surface area (Å²) >= 11 is 0. The number of ether oxygens (including phenoxy) is 1. The van der Waals surface area contributed by atoms with E-state index in [1.54, 1.807) is 0 Å². The summed E-state index contributed by atoms with van der Waals surface area (Å²) < 4.78 is 5.02. The number of hydrogen-bond acceptors (Lipinski definition) is 3. The third-order valence-corrected chi connectivity index (χ3v) is 1.83. The lowest BCUT2D eigenvalue weighted by Gasteiger charge is -2.19. The normalized spacial score (nSPS) is 10.8. The summed E-state index contributed by atoms with van der Waals surface area (Å²) in [4.78, 5) is 22.2. The zero-order valence-electron chi connectivity index (χ0n) is 10.1. The van der Waals surface area contributed by atoms with Gasteiger partial charge in [-0.2, -0.15) is 0 Å². The summed E-state index contributed by atoms with van der Waals surface area (Å²) in [7, 11) is 0. The quantitative estimate of drug-likeness (QED) is 0.819. The molecule has 0 aromatic heterocycles. The van der Waals surface area contributed by atoms with E-state index in [9.17, 15) is 9.59 Å². The van der Waals surface area contributed by atoms with Crippen LogP contribution in [0.4, 0.5) is 4.79 Å². The number of carbonyl (C=O) groups excluding carboxylic acids is 2. The van der Waals surface area contributed by atoms with Crippen LogP contribution in [0.5, 0.6) is 5.75 Å². The molecule has 1 rings (SSSR count). The number of benzene rings is 1. The fourth-order valence-electron chi connectivity index (χ4n) is 1.13. The monoisotopic (exact) mass is 236 g/mol. The average Bonchev–Trinajstić information content (AvgIpc) is 2.15. The van der Waals surface area contributed by atoms with Gasteiger partial charge in [0, 0.05) is 11.1 Å². The van der Waals surface area contributed by atoms with Crippen LogP contribution in [-0.4, -0.2) is 17.5 Å². The summed E-state index contributed by atoms with van der Waals surface area (Å²) in [5, 5.41) is 2.65. The molecule has 0 aliphatic rings. The molecule has 1 aromatic rings. The van der Waals surface area contributed by atoms with Crippen molar-refractivity contribution in [2.24, 2.45) is 5.73 Å². The Kier molecular flexibility index (Phi) is 3.73. The highest BCUT2D eigenvalue weighted by Crippen LogP contribution is 2.12. The number of rotatable bonds is 2. The Morgan fingerprint density at radius 2 is 1.71 bits per heavy atom. The van der Waals surface area contributed by atoms with Gasteiger partial charge < -0.3 is 15.8 Å². The second kappa shape index (κ2) is 4.86. The van der Waals surface area contributed by atoms with Gasteiger partial charge in [-0.1, -0.05) is 0 Å². The molecule has 0 spiro atoms. The SMILES string of the molecule is CC(C)(C)NC(=O)Oc1ccc(C(N)=O)cc1. The largest absolute Gasteiger partial charge is 0.413 e. The minimum Gasteiger partial charge on any atom is -0.410 e. The minimum absolute atomic E-state index is 0.357. The molecule has 0 unspecified atom stereocenters. The van der Waals surface area contributed by atoms with Crippen molar-refractivity contribution in [3.05, 3.63) is 29.8 Å². The Morgan fingerprint density at radius 1 is 1.18 bits per heavy atom. The van der Waals surface area contributed by atoms with E-state index in [0.29, 0.717) is 11.3 Å². The molecule has 0 heterocycles. The van der Waals surface area contributed by atoms with Crippen LogP contribution in [0.25, 0.3) is 0 Å². The van der Waals surface area contributed by atoms with E-state index < -0.39 is 12.0 Å². The molecule has 2 amide bonds. The van der Waals surface area contributed by atoms with Crippen LogP contribution >= 0.6 is 0 Å². The van der Waals surface area contributed by atoms with E-state index in [4.69, 9.17) is 10.5 Å². The second-order valence-corrected chi connectivity index (χ2v) is 4.65. The molecule has 5 heteroatoms. The molecule has 5 nitrogen and oxygen atoms in total. The van der Waals surface area contributed by atoms with Gasteiger partial charge in [0.25, 0.3) is 0 Å². The molecule has 0 radical (unpaired) electrons. The molecule has 0 fully saturated rings. The Balaban J connectivity index is 2.64. The van der Waals surface area contributed by atoms with Gasteiger partial charge >= 0.3 is 6.09 Å². The summed E-state index contributed by atoms with van der Waals surface area (Å²) in [6.07, 6.45) is -0.538. The zero-order chi connectivity index (χ0) is 13.1. The fourth-order valence-corrected chi connectivity index (χ4v) is 1.13. The zero-order valence-corrected chi connectivity index (χ0v) is 10.1. The molecule has 92 valence electrons. The Bertz CT molecular complexity index is 418. The van der Waals surface area contributed by atoms with Crippen LogP contribution in [0.15, 0.2) is 24.3 Å². The van der Waals surface area contributed by atoms with E-state index >= 15 is 0 Å². The van der Waals surface area contributed by atoms with Crippen LogP contribution in [0.3, 0.4) is 0 Å². The molecule has 17 heavy (non-hydrogen) atoms. The van der Waals surface area contributed by atoms with E-state index in [2.05, 4.69) is 5.32 Å². The van der Waals surface area contributed by atoms with Gasteiger partial charge in [-0.15, -0.1) is 0 Å². The van der Waals surface area contributed by atoms with Crippen molar-refractivity contribution in [3.8, 4) is 5.75 Å². The highest BCUT2D eigenvalue weighted by atomic mass is 16.6. The Labute approximate surface area is 99.9 Å². The molecule has 0 saturated carbocycles. The van der Waals surface area contributed by atoms with E-state index in [1.807, 2.05) is 20.8 Å². The van der Waals surface area contributed by atoms with Crippen molar-refractivity contribution in [1.82, 2.24) is 5.32 Å². The molecule has 3 N–H and O–H groups in total. The lowest BCUT2D eigenvalue weighted by atomic mass is 10.1. The molecular weight excluding hydrogens is 220 g/mol. The number of primary amides is 1. The van der Waals surface area contributed by atoms with Gasteiger partial charge in [-0.3, -0.25) is 4.79 Å². The van der Waals surface area contributed by atoms with Crippen LogP contribution < -0.4 is 15.8 Å². The van der Waals surface area contributed by atoms with Crippen LogP contribution in [-0.2, 0) is 0 Å². The van der Waals surface area contributed by atoms with Crippen LogP contribution in [0.2, 0.25) is 0 Å². The van der Waals surface area contributed by atoms with Crippen LogP contribution in [0, 0.1) is 0 Å². The Hall–Kier alpha value is -2.04. The first kappa shape index (κ1) is 13.0. The van der Waals surface area contributed by atoms with Gasteiger partial charge in [-0.25, -0.2) is 4.79 Å². The maximum atomic E-state index is 11.4. The van der Waals surface area contributed by atoms with Gasteiger partial charge in [0.1, 0.15) is 5.75 Å². The first-order valence-corrected chi connectivity index (χ1v) is 5.18. The van der Waals surface area contributed by atoms with E-state index in [1.165, 1.54) is 24.3 Å². The smallest absolute Gasteiger partial charge is 0.410 e. The lowest BCUT2D eigenvalue weighted by molar-refractivity contribution is 0.100. The molecule has 0 aliphatic heterocycles. The summed E-state index contributed by atoms with van der Waals surface area (Å²) in [6.45, 7) is 5.55. The fraction of sp³-hybridized carbons (Fsp3) is 0.333. The van der Waals surface area contributed by atoms with Crippen molar-refractivity contribution in [1.29, 1.82) is 0 Å². The second-order valence-electron chi connectivity index (χ2n) is 4.65. The van der Waals surface area contributed by atoms with Gasteiger partial charge in [0.05, 0.1) is 0 Å². The number of nitrogens with two attached hydrogens (primary N) is 1. The average molecular weight is 236 g/mol. The highest BCUT2D eigenvalue weighted by Gasteiger charge is 2.15. The molecule has 0 saturated heterocycles. The number of nitrogens with one attached hydrogen (secondary N) is 1. The number of carbonyl (C=O) groups is 2. The highest BCUT2D eigenvalue weighted by molar-refractivity contribution is 5.92. The summed E-state index contributed by atoms with van der Waals surface area (Å²) in [5.74, 6) is -0.160. The number of amides is 2. The molecule has 0 atom stereocenters. The molecule has 1 aromatic carbocycles. The van der Waals surface area contributed by atoms with E-state index in [0.717, 1.165) is 0 Å².